The van der Waals surface area contributed by atoms with Crippen molar-refractivity contribution in [2.24, 2.45) is 5.92 Å². The van der Waals surface area contributed by atoms with Gasteiger partial charge in [-0.15, -0.1) is 0 Å². The Morgan fingerprint density at radius 3 is 2.64 bits per heavy atom. The quantitative estimate of drug-likeness (QED) is 0.549. The summed E-state index contributed by atoms with van der Waals surface area (Å²) in [4.78, 5) is 0. The highest BCUT2D eigenvalue weighted by Gasteiger charge is 1.98. The van der Waals surface area contributed by atoms with Crippen LogP contribution in [0, 0.1) is 5.92 Å². The van der Waals surface area contributed by atoms with Gasteiger partial charge in [0.15, 0.2) is 0 Å². The maximum atomic E-state index is 5.00. The van der Waals surface area contributed by atoms with Crippen molar-refractivity contribution in [3.8, 4) is 0 Å². The Hall–Kier alpha value is -0.0800. The molecule has 1 unspecified atom stereocenters. The van der Waals surface area contributed by atoms with Crippen LogP contribution in [-0.4, -0.2) is 26.8 Å². The summed E-state index contributed by atoms with van der Waals surface area (Å²) >= 11 is 0. The van der Waals surface area contributed by atoms with Gasteiger partial charge >= 0.3 is 0 Å². The first-order valence-electron chi connectivity index (χ1n) is 6.00. The number of rotatable bonds is 10. The Morgan fingerprint density at radius 2 is 2.00 bits per heavy atom. The van der Waals surface area contributed by atoms with E-state index < -0.39 is 0 Å². The number of unbranched alkanes of at least 4 members (excludes halogenated alkanes) is 2. The largest absolute Gasteiger partial charge is 0.385 e. The molecule has 0 amide bonds. The molecule has 1 N–H and O–H groups in total. The Bertz CT molecular complexity index is 106. The summed E-state index contributed by atoms with van der Waals surface area (Å²) in [7, 11) is 1.77. The maximum Gasteiger partial charge on any atom is 0.0462 e. The zero-order valence-electron chi connectivity index (χ0n) is 10.1. The molecule has 0 saturated heterocycles. The highest BCUT2D eigenvalue weighted by molar-refractivity contribution is 4.56. The molecule has 0 heterocycles. The van der Waals surface area contributed by atoms with Gasteiger partial charge in [-0.05, 0) is 44.7 Å². The standard InChI is InChI=1S/C12H27NO/c1-4-8-12(2)11-13-9-6-5-7-10-14-3/h12-13H,4-11H2,1-3H3. The molecule has 0 aromatic heterocycles. The molecule has 0 fully saturated rings. The van der Waals surface area contributed by atoms with Crippen LogP contribution in [0.15, 0.2) is 0 Å². The molecule has 2 heteroatoms. The molecule has 0 rings (SSSR count). The van der Waals surface area contributed by atoms with Crippen molar-refractivity contribution in [3.05, 3.63) is 0 Å². The first-order valence-corrected chi connectivity index (χ1v) is 6.00. The minimum atomic E-state index is 0.832. The maximum absolute atomic E-state index is 5.00. The Kier molecular flexibility index (Phi) is 10.9. The van der Waals surface area contributed by atoms with E-state index in [1.807, 2.05) is 0 Å². The molecular weight excluding hydrogens is 174 g/mol. The summed E-state index contributed by atoms with van der Waals surface area (Å²) in [5, 5.41) is 3.51. The third kappa shape index (κ3) is 10.0. The Morgan fingerprint density at radius 1 is 1.21 bits per heavy atom. The van der Waals surface area contributed by atoms with E-state index in [-0.39, 0.29) is 0 Å². The van der Waals surface area contributed by atoms with Crippen molar-refractivity contribution < 1.29 is 4.74 Å². The predicted molar refractivity (Wildman–Crippen MR) is 62.7 cm³/mol. The van der Waals surface area contributed by atoms with Crippen molar-refractivity contribution >= 4 is 0 Å². The fraction of sp³-hybridized carbons (Fsp3) is 1.00. The number of methoxy groups -OCH3 is 1. The van der Waals surface area contributed by atoms with Crippen LogP contribution < -0.4 is 5.32 Å². The summed E-state index contributed by atoms with van der Waals surface area (Å²) in [6.45, 7) is 7.82. The van der Waals surface area contributed by atoms with Crippen LogP contribution in [0.2, 0.25) is 0 Å². The van der Waals surface area contributed by atoms with Gasteiger partial charge in [-0.25, -0.2) is 0 Å². The SMILES string of the molecule is CCCC(C)CNCCCCCOC. The zero-order chi connectivity index (χ0) is 10.6. The zero-order valence-corrected chi connectivity index (χ0v) is 10.1. The lowest BCUT2D eigenvalue weighted by molar-refractivity contribution is 0.192. The smallest absolute Gasteiger partial charge is 0.0462 e. The van der Waals surface area contributed by atoms with E-state index in [1.165, 1.54) is 38.6 Å². The summed E-state index contributed by atoms with van der Waals surface area (Å²) in [6.07, 6.45) is 6.40. The van der Waals surface area contributed by atoms with E-state index in [2.05, 4.69) is 19.2 Å². The first-order chi connectivity index (χ1) is 6.81. The van der Waals surface area contributed by atoms with Crippen molar-refractivity contribution in [3.63, 3.8) is 0 Å². The Labute approximate surface area is 89.4 Å². The van der Waals surface area contributed by atoms with Gasteiger partial charge in [0.1, 0.15) is 0 Å². The topological polar surface area (TPSA) is 21.3 Å². The third-order valence-electron chi connectivity index (χ3n) is 2.48. The van der Waals surface area contributed by atoms with Gasteiger partial charge in [0.25, 0.3) is 0 Å². The highest BCUT2D eigenvalue weighted by Crippen LogP contribution is 2.02. The van der Waals surface area contributed by atoms with Gasteiger partial charge in [-0.2, -0.15) is 0 Å². The molecule has 0 bridgehead atoms. The molecule has 1 atom stereocenters. The highest BCUT2D eigenvalue weighted by atomic mass is 16.5. The fourth-order valence-corrected chi connectivity index (χ4v) is 1.62. The molecule has 0 radical (unpaired) electrons. The second-order valence-corrected chi connectivity index (χ2v) is 4.15. The van der Waals surface area contributed by atoms with Crippen LogP contribution in [0.25, 0.3) is 0 Å². The predicted octanol–water partition coefficient (Wildman–Crippen LogP) is 2.83. The van der Waals surface area contributed by atoms with Gasteiger partial charge in [0, 0.05) is 13.7 Å². The molecule has 86 valence electrons. The molecular formula is C12H27NO. The molecule has 0 spiro atoms. The van der Waals surface area contributed by atoms with Crippen LogP contribution in [0.5, 0.6) is 0 Å². The van der Waals surface area contributed by atoms with Gasteiger partial charge in [-0.3, -0.25) is 0 Å². The lowest BCUT2D eigenvalue weighted by atomic mass is 10.1. The van der Waals surface area contributed by atoms with Gasteiger partial charge in [0.05, 0.1) is 0 Å². The molecule has 0 saturated carbocycles. The Balaban J connectivity index is 2.98. The molecule has 0 aromatic rings. The van der Waals surface area contributed by atoms with Gasteiger partial charge < -0.3 is 10.1 Å². The van der Waals surface area contributed by atoms with Crippen LogP contribution in [-0.2, 0) is 4.74 Å². The minimum Gasteiger partial charge on any atom is -0.385 e. The summed E-state index contributed by atoms with van der Waals surface area (Å²) < 4.78 is 5.00. The van der Waals surface area contributed by atoms with E-state index in [0.717, 1.165) is 19.1 Å². The second-order valence-electron chi connectivity index (χ2n) is 4.15. The average molecular weight is 201 g/mol. The van der Waals surface area contributed by atoms with Crippen molar-refractivity contribution in [1.82, 2.24) is 5.32 Å². The first kappa shape index (κ1) is 13.9. The lowest BCUT2D eigenvalue weighted by Gasteiger charge is -2.10. The van der Waals surface area contributed by atoms with Crippen LogP contribution >= 0.6 is 0 Å². The van der Waals surface area contributed by atoms with E-state index >= 15 is 0 Å². The van der Waals surface area contributed by atoms with Gasteiger partial charge in [0.2, 0.25) is 0 Å². The fourth-order valence-electron chi connectivity index (χ4n) is 1.62. The van der Waals surface area contributed by atoms with Gasteiger partial charge in [-0.1, -0.05) is 20.3 Å². The number of hydrogen-bond donors (Lipinski definition) is 1. The summed E-state index contributed by atoms with van der Waals surface area (Å²) in [5.41, 5.74) is 0. The van der Waals surface area contributed by atoms with Crippen LogP contribution in [0.1, 0.15) is 46.0 Å². The minimum absolute atomic E-state index is 0.832. The van der Waals surface area contributed by atoms with E-state index in [4.69, 9.17) is 4.74 Å². The second kappa shape index (κ2) is 11.0. The number of hydrogen-bond acceptors (Lipinski definition) is 2. The van der Waals surface area contributed by atoms with Crippen molar-refractivity contribution in [2.75, 3.05) is 26.8 Å². The van der Waals surface area contributed by atoms with E-state index in [9.17, 15) is 0 Å². The van der Waals surface area contributed by atoms with E-state index in [1.54, 1.807) is 7.11 Å². The average Bonchev–Trinajstić information content (AvgIpc) is 2.17. The summed E-state index contributed by atoms with van der Waals surface area (Å²) in [6, 6.07) is 0. The van der Waals surface area contributed by atoms with Crippen LogP contribution in [0.3, 0.4) is 0 Å². The van der Waals surface area contributed by atoms with E-state index in [0.29, 0.717) is 0 Å². The van der Waals surface area contributed by atoms with Crippen LogP contribution in [0.4, 0.5) is 0 Å². The van der Waals surface area contributed by atoms with Crippen molar-refractivity contribution in [1.29, 1.82) is 0 Å². The van der Waals surface area contributed by atoms with Crippen molar-refractivity contribution in [2.45, 2.75) is 46.0 Å². The monoisotopic (exact) mass is 201 g/mol. The molecule has 14 heavy (non-hydrogen) atoms. The molecule has 0 aliphatic rings. The third-order valence-corrected chi connectivity index (χ3v) is 2.48. The molecule has 0 aliphatic heterocycles. The number of ether oxygens (including phenoxy) is 1. The summed E-state index contributed by atoms with van der Waals surface area (Å²) in [5.74, 6) is 0.832. The molecule has 0 aliphatic carbocycles. The lowest BCUT2D eigenvalue weighted by Crippen LogP contribution is -2.22. The number of nitrogens with one attached hydrogen (secondary N) is 1. The molecule has 2 nitrogen and oxygen atoms in total. The normalized spacial score (nSPS) is 13.1. The molecule has 0 aromatic carbocycles.